The van der Waals surface area contributed by atoms with Gasteiger partial charge in [-0.1, -0.05) is 55.8 Å². The number of rotatable bonds is 9. The summed E-state index contributed by atoms with van der Waals surface area (Å²) in [5, 5.41) is 26.5. The van der Waals surface area contributed by atoms with Crippen LogP contribution in [0.5, 0.6) is 5.75 Å². The van der Waals surface area contributed by atoms with Crippen LogP contribution in [0, 0.1) is 11.3 Å². The highest BCUT2D eigenvalue weighted by atomic mass is 35.5. The molecule has 1 spiro atoms. The Hall–Kier alpha value is -4.47. The van der Waals surface area contributed by atoms with Crippen molar-refractivity contribution >= 4 is 52.5 Å². The number of halogens is 1. The first-order chi connectivity index (χ1) is 29.7. The number of carbonyl (C=O) groups is 4. The second-order valence-electron chi connectivity index (χ2n) is 18.9. The zero-order valence-electron chi connectivity index (χ0n) is 36.4. The van der Waals surface area contributed by atoms with Gasteiger partial charge in [-0.25, -0.2) is 4.79 Å². The van der Waals surface area contributed by atoms with Gasteiger partial charge in [0.25, 0.3) is 0 Å². The Balaban J connectivity index is 1.38. The highest BCUT2D eigenvalue weighted by Crippen LogP contribution is 2.68. The molecule has 3 N–H and O–H groups in total. The number of fused-ring (bicyclic) bond motifs is 6. The summed E-state index contributed by atoms with van der Waals surface area (Å²) in [6.45, 7) is 8.01. The maximum absolute atomic E-state index is 15.5. The Labute approximate surface area is 366 Å². The van der Waals surface area contributed by atoms with Gasteiger partial charge in [0.2, 0.25) is 12.0 Å². The van der Waals surface area contributed by atoms with Gasteiger partial charge in [-0.05, 0) is 61.9 Å². The molecule has 10 atom stereocenters. The van der Waals surface area contributed by atoms with Crippen LogP contribution >= 0.6 is 11.6 Å². The van der Waals surface area contributed by atoms with E-state index in [9.17, 15) is 24.6 Å². The number of ether oxygens (including phenoxy) is 4. The fourth-order valence-electron chi connectivity index (χ4n) is 14.0. The zero-order chi connectivity index (χ0) is 44.2. The number of amides is 1. The summed E-state index contributed by atoms with van der Waals surface area (Å²) < 4.78 is 24.2. The molecule has 9 rings (SSSR count). The summed E-state index contributed by atoms with van der Waals surface area (Å²) in [5.74, 6) is -2.18. The molecule has 2 aromatic carbocycles. The molecule has 1 amide bonds. The summed E-state index contributed by atoms with van der Waals surface area (Å²) in [6.07, 6.45) is 5.61. The summed E-state index contributed by atoms with van der Waals surface area (Å²) >= 11 is 6.93. The number of quaternary nitrogens is 1. The van der Waals surface area contributed by atoms with E-state index in [1.54, 1.807) is 6.07 Å². The van der Waals surface area contributed by atoms with Crippen molar-refractivity contribution in [2.75, 3.05) is 65.0 Å². The number of aromatic nitrogens is 1. The van der Waals surface area contributed by atoms with Crippen molar-refractivity contribution in [3.8, 4) is 5.75 Å². The van der Waals surface area contributed by atoms with E-state index in [4.69, 9.17) is 30.5 Å². The Morgan fingerprint density at radius 1 is 1.02 bits per heavy atom. The third-order valence-corrected chi connectivity index (χ3v) is 16.7. The van der Waals surface area contributed by atoms with Crippen molar-refractivity contribution in [2.45, 2.75) is 99.5 Å². The summed E-state index contributed by atoms with van der Waals surface area (Å²) in [4.78, 5) is 64.1. The SMILES string of the molecule is CC[C@]1(O)C[C@@H]2C[C@](C(=O)OC)(c3cc4c(cc3OC)N(C=O)[C@H]3[C@@](O)(C(=O)OC)[C@H](OC(C)=O)[C@]5(CC)C=CCN6CC[C@]43[C@@H]65)c3[nH]c4ccccc4c3CC[N@+](CCl)(C2)C1. The summed E-state index contributed by atoms with van der Waals surface area (Å²) in [5.41, 5.74) is -3.44. The average molecular weight is 874 g/mol. The number of benzene rings is 2. The lowest BCUT2D eigenvalue weighted by molar-refractivity contribution is -0.932. The number of anilines is 1. The molecule has 15 heteroatoms. The van der Waals surface area contributed by atoms with Gasteiger partial charge in [-0.15, -0.1) is 0 Å². The van der Waals surface area contributed by atoms with Crippen LogP contribution < -0.4 is 9.64 Å². The van der Waals surface area contributed by atoms with Crippen molar-refractivity contribution in [2.24, 2.45) is 11.3 Å². The Morgan fingerprint density at radius 2 is 1.77 bits per heavy atom. The molecular weight excluding hydrogens is 816 g/mol. The van der Waals surface area contributed by atoms with E-state index in [1.807, 2.05) is 56.3 Å². The molecule has 1 aliphatic carbocycles. The Morgan fingerprint density at radius 3 is 2.44 bits per heavy atom. The molecule has 6 heterocycles. The highest BCUT2D eigenvalue weighted by Gasteiger charge is 2.81. The number of piperidine rings is 1. The van der Waals surface area contributed by atoms with Gasteiger partial charge in [0.05, 0.1) is 46.1 Å². The third kappa shape index (κ3) is 5.48. The second kappa shape index (κ2) is 14.8. The molecule has 2 saturated heterocycles. The predicted octanol–water partition coefficient (Wildman–Crippen LogP) is 4.23. The number of aromatic amines is 1. The van der Waals surface area contributed by atoms with E-state index in [1.165, 1.54) is 33.2 Å². The predicted molar refractivity (Wildman–Crippen MR) is 230 cm³/mol. The second-order valence-corrected chi connectivity index (χ2v) is 19.1. The van der Waals surface area contributed by atoms with Crippen molar-refractivity contribution in [3.63, 3.8) is 0 Å². The largest absolute Gasteiger partial charge is 0.496 e. The molecule has 0 unspecified atom stereocenters. The van der Waals surface area contributed by atoms with E-state index >= 15 is 4.79 Å². The first kappa shape index (κ1) is 42.8. The van der Waals surface area contributed by atoms with Gasteiger partial charge in [-0.3, -0.25) is 19.3 Å². The topological polar surface area (TPSA) is 168 Å². The number of H-pyrrole nitrogens is 1. The minimum atomic E-state index is -2.55. The molecular formula is C47H58ClN4O10+. The first-order valence-corrected chi connectivity index (χ1v) is 22.4. The number of para-hydroxylation sites is 1. The molecule has 2 bridgehead atoms. The number of carbonyl (C=O) groups excluding carboxylic acids is 4. The molecule has 0 radical (unpaired) electrons. The monoisotopic (exact) mass is 873 g/mol. The van der Waals surface area contributed by atoms with Crippen molar-refractivity contribution in [1.82, 2.24) is 9.88 Å². The van der Waals surface area contributed by atoms with E-state index < -0.39 is 63.5 Å². The number of nitrogens with one attached hydrogen (secondary N) is 1. The Kier molecular flexibility index (Phi) is 10.2. The number of methoxy groups -OCH3 is 3. The number of alkyl halides is 1. The molecule has 62 heavy (non-hydrogen) atoms. The van der Waals surface area contributed by atoms with Gasteiger partial charge in [-0.2, -0.15) is 0 Å². The first-order valence-electron chi connectivity index (χ1n) is 21.8. The molecule has 1 saturated carbocycles. The van der Waals surface area contributed by atoms with Gasteiger partial charge in [0.1, 0.15) is 23.3 Å². The Bertz CT molecular complexity index is 2390. The van der Waals surface area contributed by atoms with E-state index in [0.717, 1.165) is 16.5 Å². The van der Waals surface area contributed by atoms with Crippen LogP contribution in [0.25, 0.3) is 10.9 Å². The minimum Gasteiger partial charge on any atom is -0.496 e. The average Bonchev–Trinajstić information content (AvgIpc) is 3.95. The van der Waals surface area contributed by atoms with E-state index in [-0.39, 0.29) is 24.1 Å². The number of nitrogens with zero attached hydrogens (tertiary/aromatic N) is 3. The van der Waals surface area contributed by atoms with E-state index in [0.29, 0.717) is 98.2 Å². The molecule has 14 nitrogen and oxygen atoms in total. The fourth-order valence-corrected chi connectivity index (χ4v) is 14.3. The molecule has 3 fully saturated rings. The van der Waals surface area contributed by atoms with Crippen LogP contribution in [0.15, 0.2) is 48.6 Å². The lowest BCUT2D eigenvalue weighted by Gasteiger charge is -2.63. The lowest BCUT2D eigenvalue weighted by Crippen LogP contribution is -2.81. The molecule has 1 aromatic heterocycles. The number of esters is 3. The van der Waals surface area contributed by atoms with Gasteiger partial charge < -0.3 is 43.5 Å². The van der Waals surface area contributed by atoms with Crippen LogP contribution in [0.1, 0.15) is 75.3 Å². The number of hydrogen-bond acceptors (Lipinski definition) is 11. The lowest BCUT2D eigenvalue weighted by atomic mass is 9.47. The van der Waals surface area contributed by atoms with Crippen LogP contribution in [-0.4, -0.2) is 138 Å². The van der Waals surface area contributed by atoms with Crippen LogP contribution in [-0.2, 0) is 50.6 Å². The quantitative estimate of drug-likeness (QED) is 0.0536. The summed E-state index contributed by atoms with van der Waals surface area (Å²) in [7, 11) is 4.07. The van der Waals surface area contributed by atoms with Crippen LogP contribution in [0.3, 0.4) is 0 Å². The van der Waals surface area contributed by atoms with Crippen LogP contribution in [0.4, 0.5) is 5.69 Å². The minimum absolute atomic E-state index is 0.221. The van der Waals surface area contributed by atoms with Crippen LogP contribution in [0.2, 0.25) is 0 Å². The van der Waals surface area contributed by atoms with Gasteiger partial charge in [0.15, 0.2) is 12.1 Å². The van der Waals surface area contributed by atoms with Crippen molar-refractivity contribution in [3.05, 3.63) is 70.9 Å². The molecule has 332 valence electrons. The maximum atomic E-state index is 15.5. The fraction of sp³-hybridized carbons (Fsp3) is 0.574. The summed E-state index contributed by atoms with van der Waals surface area (Å²) in [6, 6.07) is 10.2. The zero-order valence-corrected chi connectivity index (χ0v) is 37.1. The van der Waals surface area contributed by atoms with Crippen molar-refractivity contribution in [1.29, 1.82) is 0 Å². The third-order valence-electron chi connectivity index (χ3n) is 16.2. The number of hydrogen-bond donors (Lipinski definition) is 3. The smallest absolute Gasteiger partial charge is 0.344 e. The normalized spacial score (nSPS) is 36.9. The molecule has 6 aliphatic rings. The maximum Gasteiger partial charge on any atom is 0.344 e. The molecule has 5 aliphatic heterocycles. The van der Waals surface area contributed by atoms with E-state index in [2.05, 4.69) is 9.88 Å². The van der Waals surface area contributed by atoms with Gasteiger partial charge in [0, 0.05) is 70.9 Å². The highest BCUT2D eigenvalue weighted by molar-refractivity contribution is 6.17. The number of aliphatic hydroxyl groups is 2. The van der Waals surface area contributed by atoms with Crippen molar-refractivity contribution < 1.29 is 52.8 Å². The molecule has 3 aromatic rings. The standard InChI is InChI=1S/C47H58ClN4O10/c1-7-43(57)22-29-23-46(41(55)60-5,37-31(14-19-52(24-29,25-43)26-48)30-12-9-10-13-34(30)49-37)33-20-32-35(21-36(33)59-4)51(27-53)39-45(32)16-18-50-17-11-15-44(8-2,38(45)50)40(62-28(3)54)47(39,58)42(56)61-6/h9-13,15,20-21,27,29,38-40,49,57-58H,7-8,14,16-19,22-26H2,1-6H3/q+1/t29-,38+,39-,40-,43+,44-,45-,46+,47+,52+/m1/s1. The van der Waals surface area contributed by atoms with Gasteiger partial charge >= 0.3 is 17.9 Å².